The van der Waals surface area contributed by atoms with Gasteiger partial charge in [-0.2, -0.15) is 0 Å². The highest BCUT2D eigenvalue weighted by Gasteiger charge is 2.75. The average molecular weight is 407 g/mol. The van der Waals surface area contributed by atoms with Gasteiger partial charge < -0.3 is 14.9 Å². The Labute approximate surface area is 169 Å². The lowest BCUT2D eigenvalue weighted by Crippen LogP contribution is -2.54. The van der Waals surface area contributed by atoms with Gasteiger partial charge in [0.1, 0.15) is 0 Å². The Morgan fingerprint density at radius 3 is 2.75 bits per heavy atom. The van der Waals surface area contributed by atoms with Gasteiger partial charge in [0.25, 0.3) is 0 Å². The third-order valence-electron chi connectivity index (χ3n) is 8.94. The van der Waals surface area contributed by atoms with Gasteiger partial charge in [0.15, 0.2) is 5.78 Å². The molecule has 0 bridgehead atoms. The Bertz CT molecular complexity index is 803. The molecule has 0 aromatic carbocycles. The van der Waals surface area contributed by atoms with Crippen LogP contribution < -0.4 is 0 Å². The Balaban J connectivity index is 1.45. The zero-order chi connectivity index (χ0) is 19.8. The molecule has 4 saturated carbocycles. The molecule has 0 aliphatic heterocycles. The second kappa shape index (κ2) is 6.09. The van der Waals surface area contributed by atoms with Crippen LogP contribution in [0.25, 0.3) is 0 Å². The van der Waals surface area contributed by atoms with Crippen LogP contribution in [0.15, 0.2) is 22.9 Å². The zero-order valence-corrected chi connectivity index (χ0v) is 16.8. The Morgan fingerprint density at radius 1 is 1.21 bits per heavy atom. The van der Waals surface area contributed by atoms with Gasteiger partial charge in [0, 0.05) is 11.8 Å². The Kier molecular flexibility index (Phi) is 4.06. The maximum atomic E-state index is 12.1. The molecule has 5 nitrogen and oxygen atoms in total. The maximum absolute atomic E-state index is 12.1. The molecule has 8 atom stereocenters. The van der Waals surface area contributed by atoms with Crippen molar-refractivity contribution >= 4 is 23.5 Å². The van der Waals surface area contributed by atoms with E-state index in [0.717, 1.165) is 44.8 Å². The van der Waals surface area contributed by atoms with E-state index in [4.69, 9.17) is 16.7 Å². The van der Waals surface area contributed by atoms with Gasteiger partial charge in [-0.25, -0.2) is 4.79 Å². The van der Waals surface area contributed by atoms with Gasteiger partial charge in [-0.1, -0.05) is 18.5 Å². The van der Waals surface area contributed by atoms with Gasteiger partial charge in [0.2, 0.25) is 0 Å². The number of carbonyl (C=O) groups excluding carboxylic acids is 1. The molecule has 152 valence electrons. The highest BCUT2D eigenvalue weighted by Crippen LogP contribution is 2.76. The van der Waals surface area contributed by atoms with E-state index in [-0.39, 0.29) is 17.1 Å². The number of carbonyl (C=O) groups is 2. The smallest absolute Gasteiger partial charge is 0.449 e. The van der Waals surface area contributed by atoms with Crippen molar-refractivity contribution in [2.24, 2.45) is 40.9 Å². The quantitative estimate of drug-likeness (QED) is 0.521. The number of Topliss-reactive ketones (excluding diaryl/α,β-unsaturated/α-hetero) is 1. The summed E-state index contributed by atoms with van der Waals surface area (Å²) in [6.07, 6.45) is 7.76. The largest absolute Gasteiger partial charge is 0.510 e. The minimum Gasteiger partial charge on any atom is -0.449 e. The predicted octanol–water partition coefficient (Wildman–Crippen LogP) is 4.49. The summed E-state index contributed by atoms with van der Waals surface area (Å²) < 4.78 is 4.58. The molecule has 5 rings (SSSR count). The highest BCUT2D eigenvalue weighted by molar-refractivity contribution is 6.43. The molecule has 2 N–H and O–H groups in total. The van der Waals surface area contributed by atoms with E-state index in [1.807, 2.05) is 0 Å². The molecule has 0 aromatic heterocycles. The van der Waals surface area contributed by atoms with Crippen LogP contribution in [0.4, 0.5) is 4.79 Å². The first kappa shape index (κ1) is 18.7. The normalized spacial score (nSPS) is 49.3. The fourth-order valence-corrected chi connectivity index (χ4v) is 8.12. The topological polar surface area (TPSA) is 83.8 Å². The van der Waals surface area contributed by atoms with Crippen LogP contribution in [-0.4, -0.2) is 27.8 Å². The van der Waals surface area contributed by atoms with Crippen LogP contribution in [0.1, 0.15) is 51.9 Å². The fourth-order valence-electron chi connectivity index (χ4n) is 7.79. The summed E-state index contributed by atoms with van der Waals surface area (Å²) in [4.78, 5) is 22.8. The van der Waals surface area contributed by atoms with Gasteiger partial charge in [-0.15, -0.1) is 0 Å². The number of aliphatic hydroxyl groups is 1. The van der Waals surface area contributed by atoms with Crippen molar-refractivity contribution in [3.63, 3.8) is 0 Å². The van der Waals surface area contributed by atoms with Crippen LogP contribution in [0.2, 0.25) is 0 Å². The first-order valence-corrected chi connectivity index (χ1v) is 10.9. The number of rotatable bonds is 2. The number of fused-ring (bicyclic) bond motifs is 7. The predicted molar refractivity (Wildman–Crippen MR) is 102 cm³/mol. The first-order valence-electron chi connectivity index (χ1n) is 10.5. The summed E-state index contributed by atoms with van der Waals surface area (Å²) in [5.41, 5.74) is -0.0626. The maximum Gasteiger partial charge on any atom is 0.510 e. The number of hydrogen-bond donors (Lipinski definition) is 2. The third-order valence-corrected chi connectivity index (χ3v) is 9.39. The molecule has 5 aliphatic carbocycles. The van der Waals surface area contributed by atoms with Crippen LogP contribution in [0.5, 0.6) is 0 Å². The van der Waals surface area contributed by atoms with E-state index in [0.29, 0.717) is 41.0 Å². The summed E-state index contributed by atoms with van der Waals surface area (Å²) in [5, 5.41) is 20.9. The van der Waals surface area contributed by atoms with E-state index < -0.39 is 11.8 Å². The molecular weight excluding hydrogens is 380 g/mol. The summed E-state index contributed by atoms with van der Waals surface area (Å²) in [7, 11) is 0. The van der Waals surface area contributed by atoms with Crippen molar-refractivity contribution in [1.29, 1.82) is 0 Å². The van der Waals surface area contributed by atoms with E-state index in [2.05, 4.69) is 11.7 Å². The molecule has 0 spiro atoms. The number of halogens is 1. The monoisotopic (exact) mass is 406 g/mol. The third kappa shape index (κ3) is 2.35. The average Bonchev–Trinajstić information content (AvgIpc) is 3.40. The van der Waals surface area contributed by atoms with E-state index in [1.165, 1.54) is 5.57 Å². The highest BCUT2D eigenvalue weighted by atomic mass is 35.5. The van der Waals surface area contributed by atoms with Crippen LogP contribution in [-0.2, 0) is 9.53 Å². The van der Waals surface area contributed by atoms with Crippen LogP contribution in [0, 0.1) is 40.9 Å². The molecular formula is C22H27ClO5. The van der Waals surface area contributed by atoms with Crippen LogP contribution in [0.3, 0.4) is 0 Å². The molecule has 0 saturated heterocycles. The van der Waals surface area contributed by atoms with Crippen molar-refractivity contribution in [1.82, 2.24) is 0 Å². The van der Waals surface area contributed by atoms with Crippen molar-refractivity contribution in [3.8, 4) is 0 Å². The molecule has 0 aromatic rings. The second-order valence-electron chi connectivity index (χ2n) is 9.77. The summed E-state index contributed by atoms with van der Waals surface area (Å²) in [5.74, 6) is 2.76. The Morgan fingerprint density at radius 2 is 2.00 bits per heavy atom. The minimum absolute atomic E-state index is 0.105. The van der Waals surface area contributed by atoms with E-state index >= 15 is 0 Å². The lowest BCUT2D eigenvalue weighted by atomic mass is 9.49. The molecule has 4 fully saturated rings. The molecule has 0 radical (unpaired) electrons. The number of ether oxygens (including phenoxy) is 1. The van der Waals surface area contributed by atoms with Crippen molar-refractivity contribution in [2.45, 2.75) is 57.5 Å². The first-order chi connectivity index (χ1) is 13.3. The van der Waals surface area contributed by atoms with Crippen molar-refractivity contribution in [3.05, 3.63) is 22.9 Å². The zero-order valence-electron chi connectivity index (χ0n) is 16.1. The summed E-state index contributed by atoms with van der Waals surface area (Å²) in [6, 6.07) is 0. The lowest BCUT2D eigenvalue weighted by Gasteiger charge is -2.56. The summed E-state index contributed by atoms with van der Waals surface area (Å²) >= 11 is 6.39. The Hall–Kier alpha value is -1.33. The van der Waals surface area contributed by atoms with Crippen molar-refractivity contribution < 1.29 is 24.5 Å². The number of ketones is 1. The number of hydrogen-bond acceptors (Lipinski definition) is 4. The van der Waals surface area contributed by atoms with E-state index in [1.54, 1.807) is 6.08 Å². The fraction of sp³-hybridized carbons (Fsp3) is 0.727. The van der Waals surface area contributed by atoms with Crippen LogP contribution >= 0.6 is 11.6 Å². The molecule has 6 heteroatoms. The SMILES string of the molecule is C[C@]12CC[C@H]3[C@@H](CCC4=C(Cl)C(=O)CC[C@@H]43)[C@@H]1[C@@H]1C[C@@H]1[C@@]2(O)/C=C\OC(=O)O. The molecule has 5 aliphatic rings. The molecule has 0 unspecified atom stereocenters. The number of carboxylic acid groups (broad SMARTS) is 1. The van der Waals surface area contributed by atoms with Gasteiger partial charge in [-0.05, 0) is 85.7 Å². The molecule has 28 heavy (non-hydrogen) atoms. The summed E-state index contributed by atoms with van der Waals surface area (Å²) in [6.45, 7) is 2.19. The van der Waals surface area contributed by atoms with Crippen molar-refractivity contribution in [2.75, 3.05) is 0 Å². The molecule has 0 heterocycles. The van der Waals surface area contributed by atoms with E-state index in [9.17, 15) is 14.7 Å². The van der Waals surface area contributed by atoms with Gasteiger partial charge in [0.05, 0.1) is 16.9 Å². The second-order valence-corrected chi connectivity index (χ2v) is 10.2. The molecule has 0 amide bonds. The standard InChI is InChI=1S/C22H27ClO5/c1-21-7-6-12-11-4-5-17(24)19(23)14(11)3-2-13(12)18(21)15-10-16(15)22(21,27)8-9-28-20(25)26/h8-9,11-13,15-16,18,27H,2-7,10H2,1H3,(H,25,26)/b9-8-/t11-,12-,13-,15-,16+,18-,21+,22+/m1/s1. The van der Waals surface area contributed by atoms with Gasteiger partial charge >= 0.3 is 6.16 Å². The minimum atomic E-state index is -1.36. The lowest BCUT2D eigenvalue weighted by molar-refractivity contribution is -0.120. The number of allylic oxidation sites excluding steroid dienone is 1. The van der Waals surface area contributed by atoms with Gasteiger partial charge in [-0.3, -0.25) is 4.79 Å².